The molecule has 2 aliphatic carbocycles. The van der Waals surface area contributed by atoms with Crippen LogP contribution in [-0.4, -0.2) is 12.3 Å². The van der Waals surface area contributed by atoms with Crippen molar-refractivity contribution in [1.29, 1.82) is 0 Å². The van der Waals surface area contributed by atoms with Crippen LogP contribution >= 0.6 is 0 Å². The number of ketones is 1. The zero-order chi connectivity index (χ0) is 18.6. The molecule has 146 valence electrons. The molecule has 0 saturated carbocycles. The summed E-state index contributed by atoms with van der Waals surface area (Å²) in [7, 11) is 0. The molecule has 0 aliphatic heterocycles. The Kier molecular flexibility index (Phi) is 9.81. The van der Waals surface area contributed by atoms with Crippen molar-refractivity contribution in [3.05, 3.63) is 35.1 Å². The molecular formula is C24H39NO. The second-order valence-electron chi connectivity index (χ2n) is 8.44. The number of hydrogen-bond donors (Lipinski definition) is 1. The maximum atomic E-state index is 11.7. The van der Waals surface area contributed by atoms with Gasteiger partial charge in [-0.05, 0) is 24.5 Å². The molecule has 0 amide bonds. The zero-order valence-electron chi connectivity index (χ0n) is 17.1. The number of allylic oxidation sites excluding steroid dienone is 5. The molecule has 0 aromatic heterocycles. The van der Waals surface area contributed by atoms with Crippen molar-refractivity contribution in [1.82, 2.24) is 5.32 Å². The van der Waals surface area contributed by atoms with Crippen LogP contribution in [0.3, 0.4) is 0 Å². The van der Waals surface area contributed by atoms with Gasteiger partial charge in [-0.3, -0.25) is 4.79 Å². The van der Waals surface area contributed by atoms with Gasteiger partial charge in [-0.1, -0.05) is 97.0 Å². The van der Waals surface area contributed by atoms with Crippen molar-refractivity contribution in [2.75, 3.05) is 6.54 Å². The van der Waals surface area contributed by atoms with Crippen LogP contribution in [0.15, 0.2) is 35.1 Å². The van der Waals surface area contributed by atoms with Crippen LogP contribution in [0.5, 0.6) is 0 Å². The van der Waals surface area contributed by atoms with Crippen molar-refractivity contribution in [3.63, 3.8) is 0 Å². The first-order valence-electron chi connectivity index (χ1n) is 11.1. The van der Waals surface area contributed by atoms with Crippen LogP contribution in [0.2, 0.25) is 0 Å². The van der Waals surface area contributed by atoms with Gasteiger partial charge in [-0.15, -0.1) is 0 Å². The van der Waals surface area contributed by atoms with E-state index >= 15 is 0 Å². The third-order valence-corrected chi connectivity index (χ3v) is 5.55. The highest BCUT2D eigenvalue weighted by atomic mass is 16.1. The molecule has 0 fully saturated rings. The van der Waals surface area contributed by atoms with E-state index in [0.29, 0.717) is 0 Å². The summed E-state index contributed by atoms with van der Waals surface area (Å²) in [5.41, 5.74) is 2.75. The van der Waals surface area contributed by atoms with E-state index < -0.39 is 0 Å². The monoisotopic (exact) mass is 357 g/mol. The first kappa shape index (κ1) is 21.0. The fraction of sp³-hybridized carbons (Fsp3) is 0.708. The minimum Gasteiger partial charge on any atom is -0.384 e. The summed E-state index contributed by atoms with van der Waals surface area (Å²) in [4.78, 5) is 11.7. The van der Waals surface area contributed by atoms with E-state index in [2.05, 4.69) is 19.2 Å². The number of nitrogens with one attached hydrogen (secondary N) is 1. The largest absolute Gasteiger partial charge is 0.384 e. The Morgan fingerprint density at radius 1 is 0.769 bits per heavy atom. The van der Waals surface area contributed by atoms with Gasteiger partial charge in [0.15, 0.2) is 5.78 Å². The Labute approximate surface area is 161 Å². The van der Waals surface area contributed by atoms with Gasteiger partial charge in [0.1, 0.15) is 0 Å². The van der Waals surface area contributed by atoms with E-state index in [4.69, 9.17) is 0 Å². The number of hydrogen-bond acceptors (Lipinski definition) is 2. The molecule has 0 unspecified atom stereocenters. The van der Waals surface area contributed by atoms with Gasteiger partial charge < -0.3 is 5.32 Å². The average Bonchev–Trinajstić information content (AvgIpc) is 3.12. The van der Waals surface area contributed by atoms with Crippen LogP contribution in [0.1, 0.15) is 97.3 Å². The summed E-state index contributed by atoms with van der Waals surface area (Å²) < 4.78 is 0. The van der Waals surface area contributed by atoms with Crippen LogP contribution in [-0.2, 0) is 4.79 Å². The maximum absolute atomic E-state index is 11.7. The van der Waals surface area contributed by atoms with Gasteiger partial charge in [0.05, 0.1) is 0 Å². The Bertz CT molecular complexity index is 524. The molecule has 2 rings (SSSR count). The molecule has 0 aromatic carbocycles. The number of carbonyl (C=O) groups excluding carboxylic acids is 1. The Morgan fingerprint density at radius 2 is 1.31 bits per heavy atom. The molecule has 0 atom stereocenters. The molecule has 2 bridgehead atoms. The van der Waals surface area contributed by atoms with E-state index in [0.717, 1.165) is 29.3 Å². The summed E-state index contributed by atoms with van der Waals surface area (Å²) >= 11 is 0. The van der Waals surface area contributed by atoms with Crippen LogP contribution in [0.25, 0.3) is 0 Å². The lowest BCUT2D eigenvalue weighted by Crippen LogP contribution is -2.14. The predicted molar refractivity (Wildman–Crippen MR) is 112 cm³/mol. The highest BCUT2D eigenvalue weighted by Crippen LogP contribution is 2.28. The normalized spacial score (nSPS) is 15.5. The van der Waals surface area contributed by atoms with E-state index in [1.54, 1.807) is 0 Å². The molecule has 1 N–H and O–H groups in total. The van der Waals surface area contributed by atoms with E-state index in [1.165, 1.54) is 83.5 Å². The topological polar surface area (TPSA) is 29.1 Å². The molecule has 0 saturated heterocycles. The number of Topliss-reactive ketones (excluding diaryl/α,β-unsaturated/α-hetero) is 1. The first-order chi connectivity index (χ1) is 12.7. The first-order valence-corrected chi connectivity index (χ1v) is 11.1. The highest BCUT2D eigenvalue weighted by Gasteiger charge is 2.26. The van der Waals surface area contributed by atoms with Gasteiger partial charge in [-0.25, -0.2) is 0 Å². The lowest BCUT2D eigenvalue weighted by Gasteiger charge is -2.07. The van der Waals surface area contributed by atoms with Crippen molar-refractivity contribution in [2.24, 2.45) is 5.92 Å². The molecule has 2 aliphatic rings. The van der Waals surface area contributed by atoms with Gasteiger partial charge in [0, 0.05) is 23.4 Å². The van der Waals surface area contributed by atoms with E-state index in [9.17, 15) is 4.79 Å². The fourth-order valence-electron chi connectivity index (χ4n) is 3.85. The van der Waals surface area contributed by atoms with E-state index in [-0.39, 0.29) is 5.78 Å². The van der Waals surface area contributed by atoms with Crippen LogP contribution in [0, 0.1) is 5.92 Å². The predicted octanol–water partition coefficient (Wildman–Crippen LogP) is 6.64. The zero-order valence-corrected chi connectivity index (χ0v) is 17.1. The molecule has 26 heavy (non-hydrogen) atoms. The Hall–Kier alpha value is -1.31. The SMILES string of the molecule is CC(C)CCCCCCCCCCCCCCNC1=C2C=CC(=C1)C2=O. The van der Waals surface area contributed by atoms with Crippen molar-refractivity contribution in [3.8, 4) is 0 Å². The fourth-order valence-corrected chi connectivity index (χ4v) is 3.85. The Balaban J connectivity index is 1.30. The second-order valence-corrected chi connectivity index (χ2v) is 8.44. The third-order valence-electron chi connectivity index (χ3n) is 5.55. The van der Waals surface area contributed by atoms with Crippen LogP contribution in [0.4, 0.5) is 0 Å². The summed E-state index contributed by atoms with van der Waals surface area (Å²) in [6, 6.07) is 0. The minimum atomic E-state index is 0.197. The molecule has 0 heterocycles. The van der Waals surface area contributed by atoms with Gasteiger partial charge >= 0.3 is 0 Å². The maximum Gasteiger partial charge on any atom is 0.195 e. The summed E-state index contributed by atoms with van der Waals surface area (Å²) in [5, 5.41) is 3.42. The number of fused-ring (bicyclic) bond motifs is 2. The third kappa shape index (κ3) is 7.51. The minimum absolute atomic E-state index is 0.197. The smallest absolute Gasteiger partial charge is 0.195 e. The van der Waals surface area contributed by atoms with Crippen molar-refractivity contribution in [2.45, 2.75) is 97.3 Å². The highest BCUT2D eigenvalue weighted by molar-refractivity contribution is 6.18. The summed E-state index contributed by atoms with van der Waals surface area (Å²) in [5.74, 6) is 1.07. The molecule has 0 spiro atoms. The molecular weight excluding hydrogens is 318 g/mol. The quantitative estimate of drug-likeness (QED) is 0.314. The average molecular weight is 358 g/mol. The number of unbranched alkanes of at least 4 members (excludes halogenated alkanes) is 11. The standard InChI is InChI=1S/C24H39NO/c1-20(2)15-13-11-9-7-5-3-4-6-8-10-12-14-18-25-23-19-21-16-17-22(23)24(21)26/h16-17,19-20,25H,3-15,18H2,1-2H3. The van der Waals surface area contributed by atoms with Gasteiger partial charge in [0.25, 0.3) is 0 Å². The molecule has 2 heteroatoms. The molecule has 0 aromatic rings. The lowest BCUT2D eigenvalue weighted by molar-refractivity contribution is -0.111. The number of carbonyl (C=O) groups is 1. The Morgan fingerprint density at radius 3 is 1.77 bits per heavy atom. The summed E-state index contributed by atoms with van der Waals surface area (Å²) in [6.45, 7) is 5.64. The van der Waals surface area contributed by atoms with Crippen LogP contribution < -0.4 is 5.32 Å². The van der Waals surface area contributed by atoms with Crippen molar-refractivity contribution >= 4 is 5.78 Å². The number of rotatable bonds is 16. The second kappa shape index (κ2) is 12.1. The van der Waals surface area contributed by atoms with Crippen molar-refractivity contribution < 1.29 is 4.79 Å². The summed E-state index contributed by atoms with van der Waals surface area (Å²) in [6.07, 6.45) is 23.9. The molecule has 2 nitrogen and oxygen atoms in total. The molecule has 0 radical (unpaired) electrons. The van der Waals surface area contributed by atoms with E-state index in [1.807, 2.05) is 18.2 Å². The lowest BCUT2D eigenvalue weighted by atomic mass is 10.0. The van der Waals surface area contributed by atoms with Gasteiger partial charge in [0.2, 0.25) is 0 Å². The van der Waals surface area contributed by atoms with Gasteiger partial charge in [-0.2, -0.15) is 0 Å².